The van der Waals surface area contributed by atoms with Crippen LogP contribution in [0.3, 0.4) is 0 Å². The van der Waals surface area contributed by atoms with Crippen molar-refractivity contribution in [3.05, 3.63) is 95.7 Å². The topological polar surface area (TPSA) is 85.7 Å². The van der Waals surface area contributed by atoms with Gasteiger partial charge in [0, 0.05) is 36.2 Å². The number of carbonyl (C=O) groups is 2. The second-order valence-electron chi connectivity index (χ2n) is 10.1. The quantitative estimate of drug-likeness (QED) is 0.307. The minimum Gasteiger partial charge on any atom is -0.497 e. The van der Waals surface area contributed by atoms with E-state index in [1.54, 1.807) is 24.1 Å². The van der Waals surface area contributed by atoms with Crippen LogP contribution in [0.5, 0.6) is 5.75 Å². The van der Waals surface area contributed by atoms with Gasteiger partial charge in [0.05, 0.1) is 18.9 Å². The van der Waals surface area contributed by atoms with Crippen molar-refractivity contribution in [2.45, 2.75) is 32.8 Å². The number of methoxy groups -OCH3 is 1. The molecule has 0 saturated carbocycles. The molecule has 1 atom stereocenters. The molecule has 2 amide bonds. The Morgan fingerprint density at radius 1 is 1.00 bits per heavy atom. The summed E-state index contributed by atoms with van der Waals surface area (Å²) in [6.45, 7) is 4.90. The van der Waals surface area contributed by atoms with Crippen LogP contribution in [0.1, 0.15) is 34.3 Å². The van der Waals surface area contributed by atoms with E-state index < -0.39 is 0 Å². The van der Waals surface area contributed by atoms with E-state index in [4.69, 9.17) is 14.5 Å². The number of aryl methyl sites for hydroxylation is 2. The maximum atomic E-state index is 13.5. The number of hydrogen-bond donors (Lipinski definition) is 1. The van der Waals surface area contributed by atoms with Crippen LogP contribution in [0.15, 0.2) is 79.0 Å². The number of nitrogens with one attached hydrogen (secondary N) is 1. The molecule has 8 nitrogen and oxygen atoms in total. The van der Waals surface area contributed by atoms with Crippen molar-refractivity contribution in [1.29, 1.82) is 0 Å². The van der Waals surface area contributed by atoms with E-state index in [1.165, 1.54) is 0 Å². The molecule has 0 spiro atoms. The Balaban J connectivity index is 1.41. The molecule has 0 bridgehead atoms. The summed E-state index contributed by atoms with van der Waals surface area (Å²) < 4.78 is 12.9. The average molecular weight is 539 g/mol. The third-order valence-corrected chi connectivity index (χ3v) is 7.02. The van der Waals surface area contributed by atoms with E-state index >= 15 is 0 Å². The molecular weight excluding hydrogens is 504 g/mol. The highest BCUT2D eigenvalue weighted by Gasteiger charge is 2.26. The van der Waals surface area contributed by atoms with Crippen LogP contribution in [0.2, 0.25) is 0 Å². The van der Waals surface area contributed by atoms with Crippen molar-refractivity contribution < 1.29 is 19.1 Å². The molecule has 2 heterocycles. The standard InChI is InChI=1S/C32H34N4O4/c1-22-6-10-25(11-7-22)31(38)35(19-28-5-4-18-40-28)21-30(37)34-32-33-29(24-12-16-27(39-3)17-13-24)20-36(32)26-14-8-23(2)9-15-26/h6-17,20,28H,4-5,18-19,21H2,1-3H3,(H,33,34,37)/t28-/m1/s1. The van der Waals surface area contributed by atoms with E-state index in [0.29, 0.717) is 30.4 Å². The lowest BCUT2D eigenvalue weighted by Crippen LogP contribution is -2.42. The Bertz CT molecular complexity index is 1450. The van der Waals surface area contributed by atoms with Gasteiger partial charge in [0.25, 0.3) is 5.91 Å². The molecule has 0 radical (unpaired) electrons. The lowest BCUT2D eigenvalue weighted by Gasteiger charge is -2.25. The highest BCUT2D eigenvalue weighted by Crippen LogP contribution is 2.26. The predicted octanol–water partition coefficient (Wildman–Crippen LogP) is 5.42. The van der Waals surface area contributed by atoms with E-state index in [-0.39, 0.29) is 24.5 Å². The zero-order chi connectivity index (χ0) is 28.1. The number of benzene rings is 3. The van der Waals surface area contributed by atoms with Gasteiger partial charge in [0.15, 0.2) is 0 Å². The van der Waals surface area contributed by atoms with Gasteiger partial charge in [-0.15, -0.1) is 0 Å². The summed E-state index contributed by atoms with van der Waals surface area (Å²) in [4.78, 5) is 33.2. The molecule has 1 saturated heterocycles. The molecular formula is C32H34N4O4. The van der Waals surface area contributed by atoms with Crippen LogP contribution >= 0.6 is 0 Å². The minimum absolute atomic E-state index is 0.0848. The molecule has 1 fully saturated rings. The summed E-state index contributed by atoms with van der Waals surface area (Å²) in [6.07, 6.45) is 3.62. The van der Waals surface area contributed by atoms with Crippen LogP contribution in [-0.4, -0.2) is 59.2 Å². The molecule has 40 heavy (non-hydrogen) atoms. The number of imidazole rings is 1. The Kier molecular flexibility index (Phi) is 8.26. The maximum absolute atomic E-state index is 13.5. The first kappa shape index (κ1) is 27.1. The second kappa shape index (κ2) is 12.2. The molecule has 1 N–H and O–H groups in total. The van der Waals surface area contributed by atoms with Gasteiger partial charge in [-0.25, -0.2) is 4.98 Å². The van der Waals surface area contributed by atoms with Crippen molar-refractivity contribution in [2.75, 3.05) is 32.1 Å². The molecule has 4 aromatic rings. The van der Waals surface area contributed by atoms with E-state index in [1.807, 2.05) is 85.3 Å². The lowest BCUT2D eigenvalue weighted by atomic mass is 10.1. The van der Waals surface area contributed by atoms with Gasteiger partial charge >= 0.3 is 0 Å². The van der Waals surface area contributed by atoms with Gasteiger partial charge in [0.2, 0.25) is 11.9 Å². The van der Waals surface area contributed by atoms with Crippen molar-refractivity contribution in [3.8, 4) is 22.7 Å². The van der Waals surface area contributed by atoms with Gasteiger partial charge in [-0.2, -0.15) is 0 Å². The molecule has 0 aliphatic carbocycles. The fraction of sp³-hybridized carbons (Fsp3) is 0.281. The molecule has 5 rings (SSSR count). The number of anilines is 1. The summed E-state index contributed by atoms with van der Waals surface area (Å²) >= 11 is 0. The van der Waals surface area contributed by atoms with Crippen LogP contribution < -0.4 is 10.1 Å². The van der Waals surface area contributed by atoms with Crippen molar-refractivity contribution in [2.24, 2.45) is 0 Å². The van der Waals surface area contributed by atoms with Crippen LogP contribution in [0, 0.1) is 13.8 Å². The fourth-order valence-electron chi connectivity index (χ4n) is 4.74. The van der Waals surface area contributed by atoms with Gasteiger partial charge in [-0.3, -0.25) is 19.5 Å². The number of carbonyl (C=O) groups excluding carboxylic acids is 2. The number of hydrogen-bond acceptors (Lipinski definition) is 5. The van der Waals surface area contributed by atoms with Crippen molar-refractivity contribution in [1.82, 2.24) is 14.5 Å². The first-order valence-corrected chi connectivity index (χ1v) is 13.5. The number of ether oxygens (including phenoxy) is 2. The number of nitrogens with zero attached hydrogens (tertiary/aromatic N) is 3. The minimum atomic E-state index is -0.335. The van der Waals surface area contributed by atoms with E-state index in [0.717, 1.165) is 41.0 Å². The van der Waals surface area contributed by atoms with E-state index in [2.05, 4.69) is 5.32 Å². The van der Waals surface area contributed by atoms with Gasteiger partial charge in [0.1, 0.15) is 12.3 Å². The zero-order valence-corrected chi connectivity index (χ0v) is 23.1. The second-order valence-corrected chi connectivity index (χ2v) is 10.1. The zero-order valence-electron chi connectivity index (χ0n) is 23.1. The van der Waals surface area contributed by atoms with Crippen molar-refractivity contribution >= 4 is 17.8 Å². The van der Waals surface area contributed by atoms with Crippen molar-refractivity contribution in [3.63, 3.8) is 0 Å². The summed E-state index contributed by atoms with van der Waals surface area (Å²) in [7, 11) is 1.63. The highest BCUT2D eigenvalue weighted by molar-refractivity contribution is 5.99. The predicted molar refractivity (Wildman–Crippen MR) is 155 cm³/mol. The Morgan fingerprint density at radius 3 is 2.30 bits per heavy atom. The number of aromatic nitrogens is 2. The van der Waals surface area contributed by atoms with Crippen LogP contribution in [0.4, 0.5) is 5.95 Å². The largest absolute Gasteiger partial charge is 0.497 e. The monoisotopic (exact) mass is 538 g/mol. The molecule has 1 aliphatic rings. The number of rotatable bonds is 9. The van der Waals surface area contributed by atoms with Crippen LogP contribution in [-0.2, 0) is 9.53 Å². The summed E-state index contributed by atoms with van der Waals surface area (Å²) in [5.74, 6) is 0.587. The molecule has 0 unspecified atom stereocenters. The lowest BCUT2D eigenvalue weighted by molar-refractivity contribution is -0.117. The highest BCUT2D eigenvalue weighted by atomic mass is 16.5. The Hall–Kier alpha value is -4.43. The molecule has 8 heteroatoms. The summed E-state index contributed by atoms with van der Waals surface area (Å²) in [5.41, 5.74) is 5.18. The molecule has 1 aromatic heterocycles. The third-order valence-electron chi connectivity index (χ3n) is 7.02. The number of amides is 2. The maximum Gasteiger partial charge on any atom is 0.254 e. The van der Waals surface area contributed by atoms with Gasteiger partial charge in [-0.1, -0.05) is 35.4 Å². The molecule has 1 aliphatic heterocycles. The first-order chi connectivity index (χ1) is 19.4. The first-order valence-electron chi connectivity index (χ1n) is 13.5. The molecule has 206 valence electrons. The van der Waals surface area contributed by atoms with Gasteiger partial charge < -0.3 is 14.4 Å². The third kappa shape index (κ3) is 6.40. The summed E-state index contributed by atoms with van der Waals surface area (Å²) in [6, 6.07) is 23.0. The summed E-state index contributed by atoms with van der Waals surface area (Å²) in [5, 5.41) is 2.96. The average Bonchev–Trinajstić information content (AvgIpc) is 3.63. The van der Waals surface area contributed by atoms with Gasteiger partial charge in [-0.05, 0) is 75.2 Å². The Labute approximate surface area is 234 Å². The normalized spacial score (nSPS) is 14.6. The van der Waals surface area contributed by atoms with E-state index in [9.17, 15) is 9.59 Å². The fourth-order valence-corrected chi connectivity index (χ4v) is 4.74. The molecule has 3 aromatic carbocycles. The smallest absolute Gasteiger partial charge is 0.254 e. The van der Waals surface area contributed by atoms with Crippen LogP contribution in [0.25, 0.3) is 16.9 Å². The Morgan fingerprint density at radius 2 is 1.68 bits per heavy atom. The SMILES string of the molecule is COc1ccc(-c2cn(-c3ccc(C)cc3)c(NC(=O)CN(C[C@H]3CCCO3)C(=O)c3ccc(C)cc3)n2)cc1.